The van der Waals surface area contributed by atoms with E-state index in [9.17, 15) is 8.42 Å². The van der Waals surface area contributed by atoms with Gasteiger partial charge >= 0.3 is 0 Å². The van der Waals surface area contributed by atoms with E-state index in [0.29, 0.717) is 16.3 Å². The summed E-state index contributed by atoms with van der Waals surface area (Å²) in [4.78, 5) is 0.339. The Kier molecular flexibility index (Phi) is 3.62. The van der Waals surface area contributed by atoms with Crippen molar-refractivity contribution in [3.63, 3.8) is 0 Å². The third-order valence-corrected chi connectivity index (χ3v) is 6.75. The van der Waals surface area contributed by atoms with E-state index in [2.05, 4.69) is 15.1 Å². The van der Waals surface area contributed by atoms with E-state index >= 15 is 0 Å². The first-order valence-electron chi connectivity index (χ1n) is 7.61. The molecule has 6 nitrogen and oxygen atoms in total. The molecule has 3 rings (SSSR count). The van der Waals surface area contributed by atoms with Crippen molar-refractivity contribution in [2.24, 2.45) is 7.05 Å². The predicted octanol–water partition coefficient (Wildman–Crippen LogP) is 0.990. The SMILES string of the molecule is Cc1nn(C)c(C)c1S(=O)(=O)NC1CCNC2(CCC2)C1. The van der Waals surface area contributed by atoms with Crippen molar-refractivity contribution in [3.8, 4) is 0 Å². The van der Waals surface area contributed by atoms with Gasteiger partial charge in [0, 0.05) is 18.6 Å². The second kappa shape index (κ2) is 5.07. The van der Waals surface area contributed by atoms with E-state index in [4.69, 9.17) is 0 Å². The summed E-state index contributed by atoms with van der Waals surface area (Å²) in [7, 11) is -1.72. The molecule has 1 saturated carbocycles. The Balaban J connectivity index is 1.80. The van der Waals surface area contributed by atoms with Gasteiger partial charge in [-0.3, -0.25) is 4.68 Å². The van der Waals surface area contributed by atoms with E-state index in [1.807, 2.05) is 0 Å². The molecular weight excluding hydrogens is 288 g/mol. The zero-order valence-corrected chi connectivity index (χ0v) is 13.8. The average Bonchev–Trinajstić information content (AvgIpc) is 2.61. The van der Waals surface area contributed by atoms with Crippen LogP contribution in [0.4, 0.5) is 0 Å². The monoisotopic (exact) mass is 312 g/mol. The number of hydrogen-bond donors (Lipinski definition) is 2. The van der Waals surface area contributed by atoms with Crippen LogP contribution in [0.25, 0.3) is 0 Å². The highest BCUT2D eigenvalue weighted by Gasteiger charge is 2.42. The minimum atomic E-state index is -3.50. The zero-order valence-electron chi connectivity index (χ0n) is 12.9. The van der Waals surface area contributed by atoms with Gasteiger partial charge in [-0.1, -0.05) is 0 Å². The number of hydrogen-bond acceptors (Lipinski definition) is 4. The second-order valence-corrected chi connectivity index (χ2v) is 8.15. The topological polar surface area (TPSA) is 76.0 Å². The van der Waals surface area contributed by atoms with Crippen molar-refractivity contribution in [3.05, 3.63) is 11.4 Å². The third-order valence-electron chi connectivity index (χ3n) is 4.97. The molecule has 21 heavy (non-hydrogen) atoms. The van der Waals surface area contributed by atoms with Crippen LogP contribution in [0.2, 0.25) is 0 Å². The molecule has 2 heterocycles. The lowest BCUT2D eigenvalue weighted by Gasteiger charge is -2.48. The lowest BCUT2D eigenvalue weighted by atomic mass is 9.70. The van der Waals surface area contributed by atoms with Gasteiger partial charge in [-0.15, -0.1) is 0 Å². The number of aryl methyl sites for hydroxylation is 2. The molecule has 1 aliphatic carbocycles. The summed E-state index contributed by atoms with van der Waals surface area (Å²) in [6.07, 6.45) is 5.31. The van der Waals surface area contributed by atoms with Gasteiger partial charge in [0.15, 0.2) is 0 Å². The van der Waals surface area contributed by atoms with Crippen molar-refractivity contribution in [2.45, 2.75) is 62.4 Å². The molecule has 0 radical (unpaired) electrons. The van der Waals surface area contributed by atoms with E-state index in [0.717, 1.165) is 32.2 Å². The molecule has 0 aromatic carbocycles. The predicted molar refractivity (Wildman–Crippen MR) is 80.6 cm³/mol. The van der Waals surface area contributed by atoms with Crippen LogP contribution in [0.5, 0.6) is 0 Å². The maximum Gasteiger partial charge on any atom is 0.244 e. The van der Waals surface area contributed by atoms with E-state index < -0.39 is 10.0 Å². The van der Waals surface area contributed by atoms with Crippen LogP contribution in [0.3, 0.4) is 0 Å². The van der Waals surface area contributed by atoms with E-state index in [1.54, 1.807) is 25.6 Å². The molecule has 1 atom stereocenters. The molecule has 118 valence electrons. The number of sulfonamides is 1. The highest BCUT2D eigenvalue weighted by Crippen LogP contribution is 2.38. The first-order chi connectivity index (χ1) is 9.83. The first-order valence-corrected chi connectivity index (χ1v) is 9.09. The number of nitrogens with one attached hydrogen (secondary N) is 2. The fourth-order valence-electron chi connectivity index (χ4n) is 3.66. The second-order valence-electron chi connectivity index (χ2n) is 6.50. The summed E-state index contributed by atoms with van der Waals surface area (Å²) in [5.41, 5.74) is 1.44. The van der Waals surface area contributed by atoms with Gasteiger partial charge < -0.3 is 5.32 Å². The molecule has 7 heteroatoms. The number of nitrogens with zero attached hydrogens (tertiary/aromatic N) is 2. The van der Waals surface area contributed by atoms with Gasteiger partial charge in [0.2, 0.25) is 10.0 Å². The van der Waals surface area contributed by atoms with Gasteiger partial charge in [-0.2, -0.15) is 5.10 Å². The van der Waals surface area contributed by atoms with E-state index in [1.165, 1.54) is 6.42 Å². The van der Waals surface area contributed by atoms with Crippen LogP contribution in [-0.2, 0) is 17.1 Å². The van der Waals surface area contributed by atoms with Gasteiger partial charge in [-0.25, -0.2) is 13.1 Å². The molecule has 1 aromatic rings. The minimum Gasteiger partial charge on any atom is -0.311 e. The molecular formula is C14H24N4O2S. The Morgan fingerprint density at radius 2 is 2.10 bits per heavy atom. The third kappa shape index (κ3) is 2.62. The van der Waals surface area contributed by atoms with Crippen molar-refractivity contribution < 1.29 is 8.42 Å². The van der Waals surface area contributed by atoms with Crippen LogP contribution in [0.15, 0.2) is 4.90 Å². The van der Waals surface area contributed by atoms with E-state index in [-0.39, 0.29) is 11.6 Å². The smallest absolute Gasteiger partial charge is 0.244 e. The maximum absolute atomic E-state index is 12.7. The molecule has 0 bridgehead atoms. The quantitative estimate of drug-likeness (QED) is 0.873. The van der Waals surface area contributed by atoms with Crippen LogP contribution in [-0.4, -0.2) is 36.3 Å². The molecule has 2 fully saturated rings. The van der Waals surface area contributed by atoms with Crippen LogP contribution in [0, 0.1) is 13.8 Å². The van der Waals surface area contributed by atoms with Crippen LogP contribution >= 0.6 is 0 Å². The highest BCUT2D eigenvalue weighted by molar-refractivity contribution is 7.89. The van der Waals surface area contributed by atoms with Crippen molar-refractivity contribution in [1.29, 1.82) is 0 Å². The summed E-state index contributed by atoms with van der Waals surface area (Å²) in [6, 6.07) is 0.0237. The lowest BCUT2D eigenvalue weighted by molar-refractivity contribution is 0.126. The molecule has 2 N–H and O–H groups in total. The largest absolute Gasteiger partial charge is 0.311 e. The molecule has 0 amide bonds. The van der Waals surface area contributed by atoms with Gasteiger partial charge in [-0.05, 0) is 52.5 Å². The molecule has 1 unspecified atom stereocenters. The standard InChI is InChI=1S/C14H24N4O2S/c1-10-13(11(2)18(3)16-10)21(19,20)17-12-5-8-15-14(9-12)6-4-7-14/h12,15,17H,4-9H2,1-3H3. The Morgan fingerprint density at radius 1 is 1.38 bits per heavy atom. The molecule has 1 saturated heterocycles. The average molecular weight is 312 g/mol. The normalized spacial score (nSPS) is 25.0. The van der Waals surface area contributed by atoms with Gasteiger partial charge in [0.25, 0.3) is 0 Å². The Labute approximate surface area is 126 Å². The van der Waals surface area contributed by atoms with Gasteiger partial charge in [0.1, 0.15) is 4.90 Å². The molecule has 2 aliphatic rings. The fourth-order valence-corrected chi connectivity index (χ4v) is 5.37. The van der Waals surface area contributed by atoms with Crippen LogP contribution < -0.4 is 10.0 Å². The summed E-state index contributed by atoms with van der Waals surface area (Å²) < 4.78 is 29.9. The van der Waals surface area contributed by atoms with Crippen molar-refractivity contribution in [2.75, 3.05) is 6.54 Å². The van der Waals surface area contributed by atoms with Crippen molar-refractivity contribution >= 4 is 10.0 Å². The number of aromatic nitrogens is 2. The summed E-state index contributed by atoms with van der Waals surface area (Å²) in [5.74, 6) is 0. The fraction of sp³-hybridized carbons (Fsp3) is 0.786. The Bertz CT molecular complexity index is 646. The Morgan fingerprint density at radius 3 is 2.62 bits per heavy atom. The number of piperidine rings is 1. The summed E-state index contributed by atoms with van der Waals surface area (Å²) >= 11 is 0. The first kappa shape index (κ1) is 15.0. The van der Waals surface area contributed by atoms with Gasteiger partial charge in [0.05, 0.1) is 11.4 Å². The minimum absolute atomic E-state index is 0.0237. The summed E-state index contributed by atoms with van der Waals surface area (Å²) in [6.45, 7) is 4.43. The highest BCUT2D eigenvalue weighted by atomic mass is 32.2. The molecule has 1 spiro atoms. The maximum atomic E-state index is 12.7. The Hall–Kier alpha value is -0.920. The van der Waals surface area contributed by atoms with Crippen molar-refractivity contribution in [1.82, 2.24) is 19.8 Å². The van der Waals surface area contributed by atoms with Crippen LogP contribution in [0.1, 0.15) is 43.5 Å². The number of rotatable bonds is 3. The summed E-state index contributed by atoms with van der Waals surface area (Å²) in [5, 5.41) is 7.77. The molecule has 1 aliphatic heterocycles. The molecule has 1 aromatic heterocycles. The zero-order chi connectivity index (χ0) is 15.3. The lowest BCUT2D eigenvalue weighted by Crippen LogP contribution is -2.59.